The van der Waals surface area contributed by atoms with Crippen LogP contribution in [0, 0.1) is 19.8 Å². The van der Waals surface area contributed by atoms with Crippen molar-refractivity contribution in [3.8, 4) is 22.5 Å². The molecule has 0 radical (unpaired) electrons. The minimum absolute atomic E-state index is 0.0346. The van der Waals surface area contributed by atoms with Gasteiger partial charge in [0, 0.05) is 112 Å². The van der Waals surface area contributed by atoms with E-state index in [1.165, 1.54) is 22.2 Å². The molecule has 256 valence electrons. The van der Waals surface area contributed by atoms with Crippen LogP contribution in [0.3, 0.4) is 0 Å². The van der Waals surface area contributed by atoms with E-state index in [2.05, 4.69) is 48.6 Å². The molecule has 9 heteroatoms. The van der Waals surface area contributed by atoms with Gasteiger partial charge in [-0.3, -0.25) is 19.3 Å². The molecule has 7 rings (SSSR count). The van der Waals surface area contributed by atoms with Gasteiger partial charge in [-0.25, -0.2) is 4.98 Å². The summed E-state index contributed by atoms with van der Waals surface area (Å²) in [5, 5.41) is 1.21. The number of amides is 3. The summed E-state index contributed by atoms with van der Waals surface area (Å²) in [7, 11) is 2.10. The number of aryl methyl sites for hydroxylation is 2. The average Bonchev–Trinajstić information content (AvgIpc) is 3.37. The molecule has 3 fully saturated rings. The number of fused-ring (bicyclic) bond motifs is 1. The SMILES string of the molecule is CC(=O)N1CCC(C(=O)N2CCC(N3CCN(C(=O)c4cc(-c5ccccc5)nc(-c5ccc6c(c5)c(C)c(C)n6C)c4)CC3)CC2)CC1. The predicted octanol–water partition coefficient (Wildman–Crippen LogP) is 5.53. The highest BCUT2D eigenvalue weighted by Crippen LogP contribution is 2.32. The highest BCUT2D eigenvalue weighted by atomic mass is 16.2. The third-order valence-electron chi connectivity index (χ3n) is 11.4. The van der Waals surface area contributed by atoms with Crippen molar-refractivity contribution < 1.29 is 14.4 Å². The van der Waals surface area contributed by atoms with Gasteiger partial charge in [-0.05, 0) is 69.4 Å². The zero-order valence-electron chi connectivity index (χ0n) is 29.3. The molecule has 0 saturated carbocycles. The molecule has 2 aromatic carbocycles. The monoisotopic (exact) mass is 660 g/mol. The van der Waals surface area contributed by atoms with Crippen molar-refractivity contribution in [2.45, 2.75) is 52.5 Å². The third kappa shape index (κ3) is 6.61. The molecular weight excluding hydrogens is 612 g/mol. The van der Waals surface area contributed by atoms with Crippen LogP contribution < -0.4 is 0 Å². The van der Waals surface area contributed by atoms with Crippen molar-refractivity contribution in [2.24, 2.45) is 13.0 Å². The molecule has 3 aliphatic heterocycles. The van der Waals surface area contributed by atoms with Crippen LogP contribution in [0.15, 0.2) is 60.7 Å². The fraction of sp³-hybridized carbons (Fsp3) is 0.450. The number of piperidine rings is 2. The third-order valence-corrected chi connectivity index (χ3v) is 11.4. The van der Waals surface area contributed by atoms with E-state index in [1.807, 2.05) is 57.2 Å². The maximum Gasteiger partial charge on any atom is 0.254 e. The summed E-state index contributed by atoms with van der Waals surface area (Å²) in [4.78, 5) is 52.5. The minimum atomic E-state index is 0.0346. The molecular formula is C40H48N6O3. The largest absolute Gasteiger partial charge is 0.348 e. The van der Waals surface area contributed by atoms with Crippen molar-refractivity contribution in [3.05, 3.63) is 77.5 Å². The van der Waals surface area contributed by atoms with Gasteiger partial charge in [0.1, 0.15) is 0 Å². The zero-order valence-corrected chi connectivity index (χ0v) is 29.3. The van der Waals surface area contributed by atoms with Crippen molar-refractivity contribution in [1.82, 2.24) is 29.2 Å². The molecule has 0 spiro atoms. The number of hydrogen-bond donors (Lipinski definition) is 0. The smallest absolute Gasteiger partial charge is 0.254 e. The van der Waals surface area contributed by atoms with E-state index >= 15 is 0 Å². The number of likely N-dealkylation sites (tertiary alicyclic amines) is 2. The second-order valence-electron chi connectivity index (χ2n) is 14.2. The maximum absolute atomic E-state index is 14.1. The first-order valence-electron chi connectivity index (χ1n) is 17.9. The number of piperazine rings is 1. The van der Waals surface area contributed by atoms with Crippen molar-refractivity contribution in [2.75, 3.05) is 52.4 Å². The Labute approximate surface area is 289 Å². The molecule has 0 N–H and O–H groups in total. The van der Waals surface area contributed by atoms with Crippen LogP contribution in [0.25, 0.3) is 33.4 Å². The van der Waals surface area contributed by atoms with E-state index in [-0.39, 0.29) is 23.6 Å². The molecule has 9 nitrogen and oxygen atoms in total. The van der Waals surface area contributed by atoms with Crippen LogP contribution in [0.1, 0.15) is 54.2 Å². The Morgan fingerprint density at radius 3 is 1.98 bits per heavy atom. The van der Waals surface area contributed by atoms with Gasteiger partial charge in [0.25, 0.3) is 5.91 Å². The number of aromatic nitrogens is 2. The molecule has 0 bridgehead atoms. The molecule has 49 heavy (non-hydrogen) atoms. The van der Waals surface area contributed by atoms with Gasteiger partial charge in [0.2, 0.25) is 11.8 Å². The van der Waals surface area contributed by atoms with Crippen LogP contribution in [-0.2, 0) is 16.6 Å². The molecule has 0 aliphatic carbocycles. The Morgan fingerprint density at radius 1 is 0.694 bits per heavy atom. The Bertz CT molecular complexity index is 1860. The van der Waals surface area contributed by atoms with Crippen LogP contribution in [0.2, 0.25) is 0 Å². The Kier molecular flexibility index (Phi) is 9.29. The standard InChI is InChI=1S/C40H48N6O3/c1-27-28(2)42(4)38-11-10-32(24-35(27)38)37-26-33(25-36(41-37)30-8-6-5-7-9-30)40(49)46-22-20-44(21-23-46)34-14-18-45(19-15-34)39(48)31-12-16-43(17-13-31)29(3)47/h5-11,24-26,31,34H,12-23H2,1-4H3. The lowest BCUT2D eigenvalue weighted by Crippen LogP contribution is -2.55. The summed E-state index contributed by atoms with van der Waals surface area (Å²) in [6, 6.07) is 20.9. The zero-order chi connectivity index (χ0) is 34.2. The van der Waals surface area contributed by atoms with Crippen molar-refractivity contribution in [3.63, 3.8) is 0 Å². The first kappa shape index (κ1) is 33.0. The topological polar surface area (TPSA) is 82.0 Å². The summed E-state index contributed by atoms with van der Waals surface area (Å²) < 4.78 is 2.22. The van der Waals surface area contributed by atoms with E-state index in [4.69, 9.17) is 4.98 Å². The number of hydrogen-bond acceptors (Lipinski definition) is 5. The van der Waals surface area contributed by atoms with E-state index in [0.29, 0.717) is 37.8 Å². The number of rotatable bonds is 5. The number of carbonyl (C=O) groups excluding carboxylic acids is 3. The van der Waals surface area contributed by atoms with Gasteiger partial charge in [0.15, 0.2) is 0 Å². The summed E-state index contributed by atoms with van der Waals surface area (Å²) in [6.45, 7) is 11.9. The lowest BCUT2D eigenvalue weighted by Gasteiger charge is -2.43. The van der Waals surface area contributed by atoms with E-state index in [9.17, 15) is 14.4 Å². The molecule has 2 aromatic heterocycles. The van der Waals surface area contributed by atoms with Gasteiger partial charge in [-0.2, -0.15) is 0 Å². The minimum Gasteiger partial charge on any atom is -0.348 e. The first-order valence-corrected chi connectivity index (χ1v) is 17.9. The molecule has 3 saturated heterocycles. The second-order valence-corrected chi connectivity index (χ2v) is 14.2. The van der Waals surface area contributed by atoms with Crippen LogP contribution in [-0.4, -0.2) is 105 Å². The first-order chi connectivity index (χ1) is 23.7. The molecule has 5 heterocycles. The summed E-state index contributed by atoms with van der Waals surface area (Å²) in [5.74, 6) is 0.441. The predicted molar refractivity (Wildman–Crippen MR) is 193 cm³/mol. The van der Waals surface area contributed by atoms with Crippen LogP contribution >= 0.6 is 0 Å². The fourth-order valence-corrected chi connectivity index (χ4v) is 8.10. The van der Waals surface area contributed by atoms with Crippen molar-refractivity contribution >= 4 is 28.6 Å². The van der Waals surface area contributed by atoms with Crippen LogP contribution in [0.5, 0.6) is 0 Å². The molecule has 0 unspecified atom stereocenters. The number of carbonyl (C=O) groups is 3. The number of nitrogens with zero attached hydrogens (tertiary/aromatic N) is 6. The fourth-order valence-electron chi connectivity index (χ4n) is 8.10. The highest BCUT2D eigenvalue weighted by molar-refractivity contribution is 5.97. The molecule has 3 amide bonds. The van der Waals surface area contributed by atoms with Crippen molar-refractivity contribution in [1.29, 1.82) is 0 Å². The Balaban J connectivity index is 1.02. The van der Waals surface area contributed by atoms with Gasteiger partial charge >= 0.3 is 0 Å². The van der Waals surface area contributed by atoms with E-state index in [1.54, 1.807) is 6.92 Å². The lowest BCUT2D eigenvalue weighted by atomic mass is 9.93. The van der Waals surface area contributed by atoms with Gasteiger partial charge in [0.05, 0.1) is 11.4 Å². The number of benzene rings is 2. The summed E-state index contributed by atoms with van der Waals surface area (Å²) in [6.07, 6.45) is 3.46. The summed E-state index contributed by atoms with van der Waals surface area (Å²) >= 11 is 0. The molecule has 3 aliphatic rings. The highest BCUT2D eigenvalue weighted by Gasteiger charge is 2.34. The molecule has 0 atom stereocenters. The van der Waals surface area contributed by atoms with Gasteiger partial charge in [-0.15, -0.1) is 0 Å². The maximum atomic E-state index is 14.1. The van der Waals surface area contributed by atoms with Gasteiger partial charge < -0.3 is 19.3 Å². The number of pyridine rings is 1. The van der Waals surface area contributed by atoms with Crippen LogP contribution in [0.4, 0.5) is 0 Å². The van der Waals surface area contributed by atoms with Gasteiger partial charge in [-0.1, -0.05) is 36.4 Å². The quantitative estimate of drug-likeness (QED) is 0.281. The van der Waals surface area contributed by atoms with E-state index < -0.39 is 0 Å². The molecule has 4 aromatic rings. The second kappa shape index (κ2) is 13.8. The summed E-state index contributed by atoms with van der Waals surface area (Å²) in [5.41, 5.74) is 7.96. The Hall–Kier alpha value is -4.50. The normalized spacial score (nSPS) is 18.3. The van der Waals surface area contributed by atoms with E-state index in [0.717, 1.165) is 74.4 Å². The average molecular weight is 661 g/mol. The lowest BCUT2D eigenvalue weighted by molar-refractivity contribution is -0.141. The Morgan fingerprint density at radius 2 is 1.33 bits per heavy atom.